The fourth-order valence-electron chi connectivity index (χ4n) is 1.71. The van der Waals surface area contributed by atoms with Crippen LogP contribution in [-0.4, -0.2) is 5.16 Å². The molecule has 0 aliphatic carbocycles. The summed E-state index contributed by atoms with van der Waals surface area (Å²) >= 11 is 5.88. The minimum atomic E-state index is -0.441. The first-order valence-electron chi connectivity index (χ1n) is 4.65. The van der Waals surface area contributed by atoms with Crippen LogP contribution in [0.15, 0.2) is 31.9 Å². The van der Waals surface area contributed by atoms with E-state index < -0.39 is 5.63 Å². The van der Waals surface area contributed by atoms with Crippen molar-refractivity contribution in [3.05, 3.63) is 39.3 Å². The molecule has 0 saturated carbocycles. The molecular formula is C11H6ClNO3. The van der Waals surface area contributed by atoms with Crippen LogP contribution in [0.2, 0.25) is 5.02 Å². The van der Waals surface area contributed by atoms with Crippen molar-refractivity contribution in [2.45, 2.75) is 6.92 Å². The number of hydrogen-bond donors (Lipinski definition) is 0. The maximum Gasteiger partial charge on any atom is 0.349 e. The number of rotatable bonds is 0. The minimum Gasteiger partial charge on any atom is -0.422 e. The molecular weight excluding hydrogens is 230 g/mol. The third kappa shape index (κ3) is 1.17. The molecule has 0 radical (unpaired) electrons. The molecule has 0 unspecified atom stereocenters. The fourth-order valence-corrected chi connectivity index (χ4v) is 1.89. The van der Waals surface area contributed by atoms with Gasteiger partial charge in [-0.25, -0.2) is 4.79 Å². The Bertz CT molecular complexity index is 757. The topological polar surface area (TPSA) is 56.2 Å². The zero-order chi connectivity index (χ0) is 11.3. The molecule has 0 bridgehead atoms. The molecule has 0 aliphatic rings. The van der Waals surface area contributed by atoms with Gasteiger partial charge in [0.15, 0.2) is 5.58 Å². The lowest BCUT2D eigenvalue weighted by atomic mass is 10.2. The number of nitrogens with zero attached hydrogens (tertiary/aromatic N) is 1. The van der Waals surface area contributed by atoms with Crippen LogP contribution in [0.3, 0.4) is 0 Å². The van der Waals surface area contributed by atoms with Gasteiger partial charge in [-0.05, 0) is 25.1 Å². The summed E-state index contributed by atoms with van der Waals surface area (Å²) in [5.41, 5.74) is 0.943. The van der Waals surface area contributed by atoms with E-state index in [1.165, 1.54) is 0 Å². The second-order valence-electron chi connectivity index (χ2n) is 3.50. The maximum absolute atomic E-state index is 11.7. The summed E-state index contributed by atoms with van der Waals surface area (Å²) in [7, 11) is 0. The SMILES string of the molecule is Cc1noc2c1c(=O)oc1ccc(Cl)cc12. The van der Waals surface area contributed by atoms with Crippen LogP contribution in [0.1, 0.15) is 5.69 Å². The van der Waals surface area contributed by atoms with Crippen molar-refractivity contribution in [3.8, 4) is 0 Å². The third-order valence-corrected chi connectivity index (χ3v) is 2.69. The van der Waals surface area contributed by atoms with Gasteiger partial charge in [0.2, 0.25) is 0 Å². The molecule has 2 heterocycles. The molecule has 16 heavy (non-hydrogen) atoms. The molecule has 0 fully saturated rings. The Morgan fingerprint density at radius 2 is 2.19 bits per heavy atom. The predicted octanol–water partition coefficient (Wildman–Crippen LogP) is 2.90. The van der Waals surface area contributed by atoms with Gasteiger partial charge in [-0.2, -0.15) is 0 Å². The highest BCUT2D eigenvalue weighted by Crippen LogP contribution is 2.26. The lowest BCUT2D eigenvalue weighted by molar-refractivity contribution is 0.451. The van der Waals surface area contributed by atoms with Gasteiger partial charge in [0.1, 0.15) is 11.0 Å². The van der Waals surface area contributed by atoms with Gasteiger partial charge >= 0.3 is 5.63 Å². The Hall–Kier alpha value is -1.81. The summed E-state index contributed by atoms with van der Waals surface area (Å²) in [6.45, 7) is 1.69. The number of aryl methyl sites for hydroxylation is 1. The summed E-state index contributed by atoms with van der Waals surface area (Å²) in [5, 5.41) is 5.34. The largest absolute Gasteiger partial charge is 0.422 e. The Morgan fingerprint density at radius 3 is 3.00 bits per heavy atom. The molecule has 5 heteroatoms. The van der Waals surface area contributed by atoms with Crippen molar-refractivity contribution in [1.29, 1.82) is 0 Å². The predicted molar refractivity (Wildman–Crippen MR) is 59.8 cm³/mol. The third-order valence-electron chi connectivity index (χ3n) is 2.46. The second-order valence-corrected chi connectivity index (χ2v) is 3.94. The zero-order valence-corrected chi connectivity index (χ0v) is 9.04. The van der Waals surface area contributed by atoms with Gasteiger partial charge in [0.25, 0.3) is 0 Å². The molecule has 0 aliphatic heterocycles. The van der Waals surface area contributed by atoms with Crippen molar-refractivity contribution >= 4 is 33.5 Å². The van der Waals surface area contributed by atoms with Crippen molar-refractivity contribution in [3.63, 3.8) is 0 Å². The number of fused-ring (bicyclic) bond motifs is 3. The van der Waals surface area contributed by atoms with Crippen LogP contribution in [0.5, 0.6) is 0 Å². The molecule has 0 atom stereocenters. The highest BCUT2D eigenvalue weighted by molar-refractivity contribution is 6.31. The van der Waals surface area contributed by atoms with Crippen molar-refractivity contribution in [2.75, 3.05) is 0 Å². The van der Waals surface area contributed by atoms with E-state index in [0.29, 0.717) is 32.7 Å². The number of halogens is 1. The Labute approximate surface area is 94.4 Å². The highest BCUT2D eigenvalue weighted by atomic mass is 35.5. The highest BCUT2D eigenvalue weighted by Gasteiger charge is 2.14. The van der Waals surface area contributed by atoms with Gasteiger partial charge in [-0.1, -0.05) is 16.8 Å². The van der Waals surface area contributed by atoms with E-state index in [1.54, 1.807) is 25.1 Å². The molecule has 80 valence electrons. The average molecular weight is 236 g/mol. The summed E-state index contributed by atoms with van der Waals surface area (Å²) in [5.74, 6) is 0. The van der Waals surface area contributed by atoms with Gasteiger partial charge in [0.05, 0.1) is 11.1 Å². The molecule has 3 rings (SSSR count). The first-order valence-corrected chi connectivity index (χ1v) is 5.03. The van der Waals surface area contributed by atoms with E-state index in [9.17, 15) is 4.79 Å². The normalized spacial score (nSPS) is 11.4. The van der Waals surface area contributed by atoms with E-state index in [2.05, 4.69) is 5.16 Å². The lowest BCUT2D eigenvalue weighted by Gasteiger charge is -1.96. The molecule has 0 spiro atoms. The van der Waals surface area contributed by atoms with Gasteiger partial charge in [-0.3, -0.25) is 0 Å². The van der Waals surface area contributed by atoms with Crippen LogP contribution in [0, 0.1) is 6.92 Å². The Kier molecular flexibility index (Phi) is 1.82. The summed E-state index contributed by atoms with van der Waals surface area (Å²) < 4.78 is 10.3. The zero-order valence-electron chi connectivity index (χ0n) is 8.28. The molecule has 1 aromatic carbocycles. The van der Waals surface area contributed by atoms with Crippen LogP contribution >= 0.6 is 11.6 Å². The monoisotopic (exact) mass is 235 g/mol. The molecule has 2 aromatic heterocycles. The Balaban J connectivity index is 2.67. The first kappa shape index (κ1) is 9.42. The van der Waals surface area contributed by atoms with Gasteiger partial charge in [0, 0.05) is 5.02 Å². The van der Waals surface area contributed by atoms with E-state index in [1.807, 2.05) is 0 Å². The minimum absolute atomic E-state index is 0.370. The molecule has 0 saturated heterocycles. The van der Waals surface area contributed by atoms with Crippen molar-refractivity contribution in [1.82, 2.24) is 5.16 Å². The molecule has 0 amide bonds. The fraction of sp³-hybridized carbons (Fsp3) is 0.0909. The van der Waals surface area contributed by atoms with Crippen LogP contribution in [0.25, 0.3) is 21.9 Å². The van der Waals surface area contributed by atoms with Gasteiger partial charge < -0.3 is 8.94 Å². The van der Waals surface area contributed by atoms with Gasteiger partial charge in [-0.15, -0.1) is 0 Å². The van der Waals surface area contributed by atoms with Crippen molar-refractivity contribution < 1.29 is 8.94 Å². The first-order chi connectivity index (χ1) is 7.66. The summed E-state index contributed by atoms with van der Waals surface area (Å²) in [6.07, 6.45) is 0. The number of aromatic nitrogens is 1. The smallest absolute Gasteiger partial charge is 0.349 e. The average Bonchev–Trinajstić information content (AvgIpc) is 2.63. The summed E-state index contributed by atoms with van der Waals surface area (Å²) in [6, 6.07) is 4.98. The molecule has 4 nitrogen and oxygen atoms in total. The number of hydrogen-bond acceptors (Lipinski definition) is 4. The van der Waals surface area contributed by atoms with E-state index in [4.69, 9.17) is 20.5 Å². The lowest BCUT2D eigenvalue weighted by Crippen LogP contribution is -1.99. The van der Waals surface area contributed by atoms with Crippen LogP contribution in [0.4, 0.5) is 0 Å². The molecule has 0 N–H and O–H groups in total. The van der Waals surface area contributed by atoms with Crippen molar-refractivity contribution in [2.24, 2.45) is 0 Å². The van der Waals surface area contributed by atoms with Crippen LogP contribution < -0.4 is 5.63 Å². The van der Waals surface area contributed by atoms with Crippen LogP contribution in [-0.2, 0) is 0 Å². The second kappa shape index (κ2) is 3.09. The van der Waals surface area contributed by atoms with E-state index in [-0.39, 0.29) is 0 Å². The van der Waals surface area contributed by atoms with E-state index >= 15 is 0 Å². The van der Waals surface area contributed by atoms with E-state index in [0.717, 1.165) is 0 Å². The number of benzene rings is 1. The maximum atomic E-state index is 11.7. The standard InChI is InChI=1S/C11H6ClNO3/c1-5-9-10(16-13-5)7-4-6(12)2-3-8(7)15-11(9)14/h2-4H,1H3. The molecule has 3 aromatic rings. The summed E-state index contributed by atoms with van der Waals surface area (Å²) in [4.78, 5) is 11.7. The Morgan fingerprint density at radius 1 is 1.38 bits per heavy atom. The quantitative estimate of drug-likeness (QED) is 0.562.